The summed E-state index contributed by atoms with van der Waals surface area (Å²) >= 11 is 1.66. The Morgan fingerprint density at radius 3 is 2.78 bits per heavy atom. The Hall–Kier alpha value is -0.470. The highest BCUT2D eigenvalue weighted by molar-refractivity contribution is 7.88. The van der Waals surface area contributed by atoms with Crippen LogP contribution in [0.2, 0.25) is 0 Å². The van der Waals surface area contributed by atoms with Gasteiger partial charge in [-0.15, -0.1) is 11.3 Å². The van der Waals surface area contributed by atoms with Crippen LogP contribution in [0, 0.1) is 0 Å². The van der Waals surface area contributed by atoms with Crippen LogP contribution >= 0.6 is 11.3 Å². The topological polar surface area (TPSA) is 58.6 Å². The van der Waals surface area contributed by atoms with E-state index in [1.54, 1.807) is 11.3 Å². The highest BCUT2D eigenvalue weighted by Gasteiger charge is 2.24. The summed E-state index contributed by atoms with van der Waals surface area (Å²) in [5.41, 5.74) is 0. The van der Waals surface area contributed by atoms with Crippen molar-refractivity contribution in [3.05, 3.63) is 22.4 Å². The first-order chi connectivity index (χ1) is 8.56. The molecule has 0 aliphatic carbocycles. The van der Waals surface area contributed by atoms with E-state index in [-0.39, 0.29) is 6.04 Å². The molecule has 0 radical (unpaired) electrons. The van der Waals surface area contributed by atoms with Gasteiger partial charge in [0.15, 0.2) is 0 Å². The lowest BCUT2D eigenvalue weighted by molar-refractivity contribution is 0.0179. The van der Waals surface area contributed by atoms with Crippen molar-refractivity contribution in [2.75, 3.05) is 39.1 Å². The van der Waals surface area contributed by atoms with E-state index >= 15 is 0 Å². The van der Waals surface area contributed by atoms with E-state index in [9.17, 15) is 8.42 Å². The molecule has 1 aliphatic heterocycles. The van der Waals surface area contributed by atoms with Crippen molar-refractivity contribution in [1.82, 2.24) is 9.62 Å². The highest BCUT2D eigenvalue weighted by atomic mass is 32.2. The summed E-state index contributed by atoms with van der Waals surface area (Å²) in [5.74, 6) is 0. The molecule has 0 aromatic carbocycles. The van der Waals surface area contributed by atoms with Gasteiger partial charge in [-0.3, -0.25) is 4.90 Å². The average Bonchev–Trinajstić information content (AvgIpc) is 2.83. The van der Waals surface area contributed by atoms with Gasteiger partial charge in [-0.1, -0.05) is 6.07 Å². The van der Waals surface area contributed by atoms with Crippen LogP contribution in [-0.4, -0.2) is 52.4 Å². The Bertz CT molecular complexity index is 453. The van der Waals surface area contributed by atoms with Gasteiger partial charge in [-0.05, 0) is 11.4 Å². The molecule has 2 heterocycles. The molecule has 2 rings (SSSR count). The van der Waals surface area contributed by atoms with Gasteiger partial charge in [-0.2, -0.15) is 0 Å². The normalized spacial score (nSPS) is 19.8. The van der Waals surface area contributed by atoms with E-state index in [4.69, 9.17) is 4.74 Å². The van der Waals surface area contributed by atoms with Crippen LogP contribution in [0.1, 0.15) is 10.9 Å². The minimum Gasteiger partial charge on any atom is -0.379 e. The zero-order chi connectivity index (χ0) is 13.0. The van der Waals surface area contributed by atoms with E-state index in [1.165, 1.54) is 11.1 Å². The van der Waals surface area contributed by atoms with Gasteiger partial charge < -0.3 is 4.74 Å². The van der Waals surface area contributed by atoms with Crippen LogP contribution in [-0.2, 0) is 14.8 Å². The maximum Gasteiger partial charge on any atom is 0.208 e. The number of hydrogen-bond donors (Lipinski definition) is 1. The Morgan fingerprint density at radius 1 is 1.50 bits per heavy atom. The number of morpholine rings is 1. The molecule has 0 amide bonds. The Labute approximate surface area is 112 Å². The van der Waals surface area contributed by atoms with Crippen molar-refractivity contribution in [1.29, 1.82) is 0 Å². The predicted molar refractivity (Wildman–Crippen MR) is 72.3 cm³/mol. The lowest BCUT2D eigenvalue weighted by atomic mass is 10.2. The van der Waals surface area contributed by atoms with E-state index in [0.717, 1.165) is 13.1 Å². The van der Waals surface area contributed by atoms with Crippen molar-refractivity contribution < 1.29 is 13.2 Å². The van der Waals surface area contributed by atoms with Crippen LogP contribution in [0.5, 0.6) is 0 Å². The second-order valence-electron chi connectivity index (χ2n) is 4.30. The van der Waals surface area contributed by atoms with Crippen LogP contribution in [0.25, 0.3) is 0 Å². The third kappa shape index (κ3) is 4.03. The third-order valence-corrected chi connectivity index (χ3v) is 4.56. The predicted octanol–water partition coefficient (Wildman–Crippen LogP) is 0.671. The van der Waals surface area contributed by atoms with E-state index < -0.39 is 10.0 Å². The molecular formula is C11H18N2O3S2. The third-order valence-electron chi connectivity index (χ3n) is 2.90. The minimum absolute atomic E-state index is 0.101. The quantitative estimate of drug-likeness (QED) is 0.866. The van der Waals surface area contributed by atoms with Gasteiger partial charge in [0.25, 0.3) is 0 Å². The molecule has 18 heavy (non-hydrogen) atoms. The molecule has 7 heteroatoms. The fourth-order valence-corrected chi connectivity index (χ4v) is 3.33. The van der Waals surface area contributed by atoms with Crippen molar-refractivity contribution in [2.24, 2.45) is 0 Å². The van der Waals surface area contributed by atoms with Crippen molar-refractivity contribution in [3.8, 4) is 0 Å². The highest BCUT2D eigenvalue weighted by Crippen LogP contribution is 2.25. The zero-order valence-corrected chi connectivity index (χ0v) is 12.0. The van der Waals surface area contributed by atoms with Crippen LogP contribution in [0.4, 0.5) is 0 Å². The molecule has 1 aromatic heterocycles. The first-order valence-corrected chi connectivity index (χ1v) is 8.63. The van der Waals surface area contributed by atoms with Gasteiger partial charge in [0.2, 0.25) is 10.0 Å². The molecule has 1 aliphatic rings. The van der Waals surface area contributed by atoms with Crippen molar-refractivity contribution >= 4 is 21.4 Å². The molecule has 1 fully saturated rings. The second-order valence-corrected chi connectivity index (χ2v) is 7.11. The monoisotopic (exact) mass is 290 g/mol. The molecule has 1 atom stereocenters. The lowest BCUT2D eigenvalue weighted by Crippen LogP contribution is -2.43. The summed E-state index contributed by atoms with van der Waals surface area (Å²) in [6, 6.07) is 4.14. The Balaban J connectivity index is 2.07. The standard InChI is InChI=1S/C11H18N2O3S2/c1-18(14,15)12-9-10(11-3-2-8-17-11)13-4-6-16-7-5-13/h2-3,8,10,12H,4-7,9H2,1H3. The van der Waals surface area contributed by atoms with E-state index in [2.05, 4.69) is 15.7 Å². The second kappa shape index (κ2) is 6.12. The van der Waals surface area contributed by atoms with Gasteiger partial charge in [-0.25, -0.2) is 13.1 Å². The lowest BCUT2D eigenvalue weighted by Gasteiger charge is -2.33. The summed E-state index contributed by atoms with van der Waals surface area (Å²) in [7, 11) is -3.15. The van der Waals surface area contributed by atoms with Gasteiger partial charge in [0, 0.05) is 24.5 Å². The smallest absolute Gasteiger partial charge is 0.208 e. The number of nitrogens with zero attached hydrogens (tertiary/aromatic N) is 1. The fourth-order valence-electron chi connectivity index (χ4n) is 2.01. The maximum absolute atomic E-state index is 11.2. The van der Waals surface area contributed by atoms with Gasteiger partial charge >= 0.3 is 0 Å². The average molecular weight is 290 g/mol. The SMILES string of the molecule is CS(=O)(=O)NCC(c1cccs1)N1CCOCC1. The number of rotatable bonds is 5. The molecule has 0 saturated carbocycles. The molecule has 1 N–H and O–H groups in total. The van der Waals surface area contributed by atoms with Crippen molar-refractivity contribution in [2.45, 2.75) is 6.04 Å². The number of nitrogens with one attached hydrogen (secondary N) is 1. The largest absolute Gasteiger partial charge is 0.379 e. The fraction of sp³-hybridized carbons (Fsp3) is 0.636. The molecule has 0 spiro atoms. The number of thiophene rings is 1. The molecule has 102 valence electrons. The van der Waals surface area contributed by atoms with Gasteiger partial charge in [0.1, 0.15) is 0 Å². The van der Waals surface area contributed by atoms with Gasteiger partial charge in [0.05, 0.1) is 25.5 Å². The van der Waals surface area contributed by atoms with Crippen LogP contribution in [0.15, 0.2) is 17.5 Å². The summed E-state index contributed by atoms with van der Waals surface area (Å²) in [6.45, 7) is 3.52. The number of sulfonamides is 1. The van der Waals surface area contributed by atoms with Crippen molar-refractivity contribution in [3.63, 3.8) is 0 Å². The minimum atomic E-state index is -3.15. The summed E-state index contributed by atoms with van der Waals surface area (Å²) in [6.07, 6.45) is 1.19. The Morgan fingerprint density at radius 2 is 2.22 bits per heavy atom. The van der Waals surface area contributed by atoms with Crippen LogP contribution < -0.4 is 4.72 Å². The van der Waals surface area contributed by atoms with E-state index in [0.29, 0.717) is 19.8 Å². The zero-order valence-electron chi connectivity index (χ0n) is 10.3. The summed E-state index contributed by atoms with van der Waals surface area (Å²) in [5, 5.41) is 2.02. The molecular weight excluding hydrogens is 272 g/mol. The van der Waals surface area contributed by atoms with E-state index in [1.807, 2.05) is 11.4 Å². The molecule has 1 aromatic rings. The molecule has 1 unspecified atom stereocenters. The first kappa shape index (κ1) is 14.0. The summed E-state index contributed by atoms with van der Waals surface area (Å²) in [4.78, 5) is 3.46. The molecule has 5 nitrogen and oxygen atoms in total. The number of ether oxygens (including phenoxy) is 1. The number of hydrogen-bond acceptors (Lipinski definition) is 5. The Kier molecular flexibility index (Phi) is 4.74. The molecule has 1 saturated heterocycles. The maximum atomic E-state index is 11.2. The molecule has 0 bridgehead atoms. The first-order valence-electron chi connectivity index (χ1n) is 5.86. The van der Waals surface area contributed by atoms with Crippen LogP contribution in [0.3, 0.4) is 0 Å². The summed E-state index contributed by atoms with van der Waals surface area (Å²) < 4.78 is 30.4.